The molecule has 0 N–H and O–H groups in total. The van der Waals surface area contributed by atoms with Gasteiger partial charge >= 0.3 is 0 Å². The van der Waals surface area contributed by atoms with Crippen molar-refractivity contribution >= 4 is 11.6 Å². The molecule has 4 nitrogen and oxygen atoms in total. The van der Waals surface area contributed by atoms with E-state index in [-0.39, 0.29) is 19.0 Å². The van der Waals surface area contributed by atoms with Crippen LogP contribution in [-0.2, 0) is 12.8 Å². The molecule has 0 bridgehead atoms. The summed E-state index contributed by atoms with van der Waals surface area (Å²) in [4.78, 5) is 1.92. The molecule has 1 atom stereocenters. The van der Waals surface area contributed by atoms with Crippen molar-refractivity contribution in [1.82, 2.24) is 14.7 Å². The van der Waals surface area contributed by atoms with Crippen LogP contribution in [-0.4, -0.2) is 46.8 Å². The van der Waals surface area contributed by atoms with Crippen LogP contribution in [0.1, 0.15) is 17.7 Å². The Morgan fingerprint density at radius 3 is 2.57 bits per heavy atom. The van der Waals surface area contributed by atoms with Crippen molar-refractivity contribution in [1.29, 1.82) is 0 Å². The molecule has 0 radical (unpaired) electrons. The summed E-state index contributed by atoms with van der Waals surface area (Å²) in [5.74, 6) is -1.86. The van der Waals surface area contributed by atoms with Crippen LogP contribution in [0.2, 0.25) is 5.02 Å². The van der Waals surface area contributed by atoms with E-state index in [0.717, 1.165) is 34.0 Å². The second-order valence-electron chi connectivity index (χ2n) is 8.00. The molecule has 2 aromatic carbocycles. The van der Waals surface area contributed by atoms with E-state index in [2.05, 4.69) is 0 Å². The second-order valence-corrected chi connectivity index (χ2v) is 8.44. The highest BCUT2D eigenvalue weighted by molar-refractivity contribution is 6.30. The van der Waals surface area contributed by atoms with Crippen LogP contribution in [0.4, 0.5) is 8.78 Å². The Morgan fingerprint density at radius 1 is 1.10 bits per heavy atom. The number of hydrogen-bond donors (Lipinski definition) is 0. The van der Waals surface area contributed by atoms with E-state index >= 15 is 0 Å². The molecule has 1 fully saturated rings. The van der Waals surface area contributed by atoms with E-state index in [1.54, 1.807) is 7.11 Å². The first-order valence-electron chi connectivity index (χ1n) is 10.1. The fourth-order valence-corrected chi connectivity index (χ4v) is 4.75. The van der Waals surface area contributed by atoms with Gasteiger partial charge in [-0.15, -0.1) is 0 Å². The fraction of sp³-hybridized carbons (Fsp3) is 0.348. The Hall–Kier alpha value is -2.44. The van der Waals surface area contributed by atoms with Gasteiger partial charge in [0.15, 0.2) is 0 Å². The molecular weight excluding hydrogens is 408 g/mol. The number of aromatic nitrogens is 2. The number of likely N-dealkylation sites (tertiary alicyclic amines) is 1. The molecule has 2 aliphatic rings. The summed E-state index contributed by atoms with van der Waals surface area (Å²) in [5.41, 5.74) is 4.89. The van der Waals surface area contributed by atoms with Crippen LogP contribution in [0.3, 0.4) is 0 Å². The van der Waals surface area contributed by atoms with Crippen molar-refractivity contribution < 1.29 is 13.5 Å². The predicted molar refractivity (Wildman–Crippen MR) is 113 cm³/mol. The number of para-hydroxylation sites is 2. The number of benzene rings is 2. The lowest BCUT2D eigenvalue weighted by molar-refractivity contribution is 0.00801. The SMILES string of the molecule is COc1ccccc1-n1nc2c(c1-c1ccc(Cl)cc1)CC(N1CCC(F)(F)C1)C2. The van der Waals surface area contributed by atoms with Crippen molar-refractivity contribution in [3.8, 4) is 22.7 Å². The highest BCUT2D eigenvalue weighted by Crippen LogP contribution is 2.39. The first-order chi connectivity index (χ1) is 14.4. The Balaban J connectivity index is 1.58. The van der Waals surface area contributed by atoms with Crippen LogP contribution in [0.25, 0.3) is 16.9 Å². The van der Waals surface area contributed by atoms with E-state index in [4.69, 9.17) is 21.4 Å². The molecule has 3 aromatic rings. The summed E-state index contributed by atoms with van der Waals surface area (Å²) in [7, 11) is 1.64. The first-order valence-corrected chi connectivity index (χ1v) is 10.4. The van der Waals surface area contributed by atoms with Crippen molar-refractivity contribution in [2.75, 3.05) is 20.2 Å². The average molecular weight is 430 g/mol. The van der Waals surface area contributed by atoms with Gasteiger partial charge in [0.05, 0.1) is 25.0 Å². The van der Waals surface area contributed by atoms with Crippen LogP contribution in [0, 0.1) is 0 Å². The largest absolute Gasteiger partial charge is 0.494 e. The molecule has 1 aliphatic heterocycles. The van der Waals surface area contributed by atoms with Gasteiger partial charge in [0.25, 0.3) is 5.92 Å². The molecule has 1 saturated heterocycles. The number of fused-ring (bicyclic) bond motifs is 1. The minimum Gasteiger partial charge on any atom is -0.494 e. The third-order valence-electron chi connectivity index (χ3n) is 6.08. The summed E-state index contributed by atoms with van der Waals surface area (Å²) in [6.45, 7) is 0.273. The summed E-state index contributed by atoms with van der Waals surface area (Å²) >= 11 is 6.11. The van der Waals surface area contributed by atoms with E-state index < -0.39 is 5.92 Å². The van der Waals surface area contributed by atoms with Gasteiger partial charge in [-0.3, -0.25) is 4.90 Å². The molecule has 30 heavy (non-hydrogen) atoms. The fourth-order valence-electron chi connectivity index (χ4n) is 4.62. The summed E-state index contributed by atoms with van der Waals surface area (Å²) in [6, 6.07) is 15.5. The number of hydrogen-bond acceptors (Lipinski definition) is 3. The van der Waals surface area contributed by atoms with E-state index in [0.29, 0.717) is 24.4 Å². The quantitative estimate of drug-likeness (QED) is 0.584. The Kier molecular flexibility index (Phi) is 4.79. The van der Waals surface area contributed by atoms with Crippen LogP contribution in [0.5, 0.6) is 5.75 Å². The minimum absolute atomic E-state index is 0.0631. The molecule has 7 heteroatoms. The molecule has 2 heterocycles. The summed E-state index contributed by atoms with van der Waals surface area (Å²) < 4.78 is 35.0. The van der Waals surface area contributed by atoms with E-state index in [1.807, 2.05) is 58.1 Å². The van der Waals surface area contributed by atoms with Gasteiger partial charge in [-0.25, -0.2) is 13.5 Å². The Labute approximate surface area is 179 Å². The summed E-state index contributed by atoms with van der Waals surface area (Å²) in [6.07, 6.45) is 1.32. The minimum atomic E-state index is -2.59. The van der Waals surface area contributed by atoms with Gasteiger partial charge in [0.2, 0.25) is 0 Å². The van der Waals surface area contributed by atoms with Gasteiger partial charge in [-0.05, 0) is 30.7 Å². The van der Waals surface area contributed by atoms with Crippen LogP contribution in [0.15, 0.2) is 48.5 Å². The first kappa shape index (κ1) is 19.5. The maximum atomic E-state index is 13.8. The lowest BCUT2D eigenvalue weighted by Crippen LogP contribution is -2.36. The lowest BCUT2D eigenvalue weighted by atomic mass is 10.0. The number of ether oxygens (including phenoxy) is 1. The smallest absolute Gasteiger partial charge is 0.261 e. The zero-order valence-electron chi connectivity index (χ0n) is 16.6. The molecule has 156 valence electrons. The molecular formula is C23H22ClF2N3O. The lowest BCUT2D eigenvalue weighted by Gasteiger charge is -2.23. The van der Waals surface area contributed by atoms with Crippen molar-refractivity contribution in [2.24, 2.45) is 0 Å². The number of halogens is 3. The van der Waals surface area contributed by atoms with Gasteiger partial charge in [-0.2, -0.15) is 5.10 Å². The number of alkyl halides is 2. The standard InChI is InChI=1S/C23H22ClF2N3O/c1-30-21-5-3-2-4-20(21)29-22(15-6-8-16(24)9-7-15)18-12-17(13-19(18)27-29)28-11-10-23(25,26)14-28/h2-9,17H,10-14H2,1H3. The highest BCUT2D eigenvalue weighted by Gasteiger charge is 2.43. The van der Waals surface area contributed by atoms with Crippen LogP contribution < -0.4 is 4.74 Å². The number of methoxy groups -OCH3 is 1. The maximum Gasteiger partial charge on any atom is 0.261 e. The number of rotatable bonds is 4. The molecule has 0 amide bonds. The topological polar surface area (TPSA) is 30.3 Å². The third-order valence-corrected chi connectivity index (χ3v) is 6.33. The zero-order chi connectivity index (χ0) is 20.9. The molecule has 1 aromatic heterocycles. The van der Waals surface area contributed by atoms with Crippen molar-refractivity contribution in [3.05, 3.63) is 64.8 Å². The second kappa shape index (κ2) is 7.36. The highest BCUT2D eigenvalue weighted by atomic mass is 35.5. The molecule has 0 spiro atoms. The summed E-state index contributed by atoms with van der Waals surface area (Å²) in [5, 5.41) is 5.58. The van der Waals surface area contributed by atoms with Crippen molar-refractivity contribution in [3.63, 3.8) is 0 Å². The molecule has 5 rings (SSSR count). The molecule has 1 unspecified atom stereocenters. The average Bonchev–Trinajstić information content (AvgIpc) is 3.40. The zero-order valence-corrected chi connectivity index (χ0v) is 17.4. The van der Waals surface area contributed by atoms with E-state index in [1.165, 1.54) is 0 Å². The normalized spacial score (nSPS) is 20.5. The Morgan fingerprint density at radius 2 is 1.87 bits per heavy atom. The maximum absolute atomic E-state index is 13.8. The van der Waals surface area contributed by atoms with Gasteiger partial charge in [0.1, 0.15) is 11.4 Å². The third kappa shape index (κ3) is 3.38. The monoisotopic (exact) mass is 429 g/mol. The number of nitrogens with zero attached hydrogens (tertiary/aromatic N) is 3. The Bertz CT molecular complexity index is 1080. The van der Waals surface area contributed by atoms with Crippen LogP contribution >= 0.6 is 11.6 Å². The van der Waals surface area contributed by atoms with Crippen molar-refractivity contribution in [2.45, 2.75) is 31.2 Å². The molecule has 0 saturated carbocycles. The van der Waals surface area contributed by atoms with E-state index in [9.17, 15) is 8.78 Å². The van der Waals surface area contributed by atoms with Gasteiger partial charge in [-0.1, -0.05) is 35.9 Å². The predicted octanol–water partition coefficient (Wildman–Crippen LogP) is 5.01. The van der Waals surface area contributed by atoms with Gasteiger partial charge < -0.3 is 4.74 Å². The molecule has 1 aliphatic carbocycles. The van der Waals surface area contributed by atoms with Gasteiger partial charge in [0, 0.05) is 41.6 Å².